The molecule has 0 saturated heterocycles. The van der Waals surface area contributed by atoms with E-state index in [1.807, 2.05) is 4.57 Å². The van der Waals surface area contributed by atoms with E-state index in [9.17, 15) is 0 Å². The first-order valence-corrected chi connectivity index (χ1v) is 5.18. The summed E-state index contributed by atoms with van der Waals surface area (Å²) in [4.78, 5) is 0.642. The predicted octanol–water partition coefficient (Wildman–Crippen LogP) is 2.51. The van der Waals surface area contributed by atoms with Gasteiger partial charge in [0.05, 0.1) is 10.2 Å². The van der Waals surface area contributed by atoms with E-state index in [1.54, 1.807) is 11.3 Å². The zero-order valence-corrected chi connectivity index (χ0v) is 8.61. The number of aromatic nitrogens is 1. The minimum Gasteiger partial charge on any atom is -0.317 e. The molecular weight excluding hydrogens is 180 g/mol. The van der Waals surface area contributed by atoms with Crippen molar-refractivity contribution in [3.8, 4) is 0 Å². The molecule has 1 N–H and O–H groups in total. The third-order valence-electron chi connectivity index (χ3n) is 2.17. The summed E-state index contributed by atoms with van der Waals surface area (Å²) in [6.45, 7) is 5.03. The summed E-state index contributed by atoms with van der Waals surface area (Å²) in [5.41, 5.74) is 2.44. The molecule has 2 aromatic rings. The van der Waals surface area contributed by atoms with Crippen molar-refractivity contribution >= 4 is 21.6 Å². The average molecular weight is 192 g/mol. The third kappa shape index (κ3) is 1.29. The van der Waals surface area contributed by atoms with Gasteiger partial charge in [-0.15, -0.1) is 0 Å². The van der Waals surface area contributed by atoms with Crippen molar-refractivity contribution in [2.45, 2.75) is 20.4 Å². The van der Waals surface area contributed by atoms with Gasteiger partial charge in [0.15, 0.2) is 4.80 Å². The van der Waals surface area contributed by atoms with E-state index in [0.717, 1.165) is 6.54 Å². The van der Waals surface area contributed by atoms with Crippen LogP contribution >= 0.6 is 11.3 Å². The van der Waals surface area contributed by atoms with Crippen LogP contribution in [0, 0.1) is 12.3 Å². The number of hydrogen-bond donors (Lipinski definition) is 1. The van der Waals surface area contributed by atoms with E-state index in [2.05, 4.69) is 32.0 Å². The topological polar surface area (TPSA) is 28.8 Å². The summed E-state index contributed by atoms with van der Waals surface area (Å²) < 4.78 is 3.24. The van der Waals surface area contributed by atoms with Crippen LogP contribution in [0.2, 0.25) is 0 Å². The van der Waals surface area contributed by atoms with Crippen LogP contribution in [0.3, 0.4) is 0 Å². The standard InChI is InChI=1S/C10H12N2S/c1-3-12-8-5-4-7(2)6-9(8)13-10(12)11/h4-6,11H,3H2,1-2H3. The molecule has 2 rings (SSSR count). The van der Waals surface area contributed by atoms with Gasteiger partial charge in [0.1, 0.15) is 0 Å². The van der Waals surface area contributed by atoms with Gasteiger partial charge in [-0.3, -0.25) is 5.41 Å². The van der Waals surface area contributed by atoms with Crippen LogP contribution in [0.5, 0.6) is 0 Å². The van der Waals surface area contributed by atoms with Gasteiger partial charge in [-0.05, 0) is 31.5 Å². The summed E-state index contributed by atoms with van der Waals surface area (Å²) in [6.07, 6.45) is 0. The minimum atomic E-state index is 0.642. The van der Waals surface area contributed by atoms with Gasteiger partial charge in [0, 0.05) is 6.54 Å². The molecule has 0 fully saturated rings. The Morgan fingerprint density at radius 2 is 2.23 bits per heavy atom. The molecule has 68 valence electrons. The average Bonchev–Trinajstić information content (AvgIpc) is 2.39. The summed E-state index contributed by atoms with van der Waals surface area (Å²) in [6, 6.07) is 6.34. The van der Waals surface area contributed by atoms with Crippen molar-refractivity contribution in [1.82, 2.24) is 4.57 Å². The van der Waals surface area contributed by atoms with E-state index >= 15 is 0 Å². The van der Waals surface area contributed by atoms with Crippen LogP contribution in [-0.4, -0.2) is 4.57 Å². The molecule has 0 aliphatic heterocycles. The van der Waals surface area contributed by atoms with E-state index in [4.69, 9.17) is 5.41 Å². The first-order chi connectivity index (χ1) is 6.22. The third-order valence-corrected chi connectivity index (χ3v) is 3.13. The molecule has 0 saturated carbocycles. The highest BCUT2D eigenvalue weighted by Gasteiger charge is 2.02. The molecule has 0 unspecified atom stereocenters. The Morgan fingerprint density at radius 1 is 1.46 bits per heavy atom. The van der Waals surface area contributed by atoms with Gasteiger partial charge in [-0.25, -0.2) is 0 Å². The molecule has 1 heterocycles. The largest absolute Gasteiger partial charge is 0.317 e. The Balaban J connectivity index is 2.87. The second-order valence-electron chi connectivity index (χ2n) is 3.12. The summed E-state index contributed by atoms with van der Waals surface area (Å²) in [5.74, 6) is 0. The Bertz CT molecular complexity index is 493. The Morgan fingerprint density at radius 3 is 2.92 bits per heavy atom. The fourth-order valence-corrected chi connectivity index (χ4v) is 2.58. The van der Waals surface area contributed by atoms with Crippen molar-refractivity contribution in [2.75, 3.05) is 0 Å². The zero-order chi connectivity index (χ0) is 9.42. The molecule has 3 heteroatoms. The van der Waals surface area contributed by atoms with E-state index in [1.165, 1.54) is 15.8 Å². The highest BCUT2D eigenvalue weighted by atomic mass is 32.1. The fourth-order valence-electron chi connectivity index (χ4n) is 1.51. The quantitative estimate of drug-likeness (QED) is 0.719. The molecule has 0 bridgehead atoms. The summed E-state index contributed by atoms with van der Waals surface area (Å²) in [5, 5.41) is 7.75. The van der Waals surface area contributed by atoms with Crippen molar-refractivity contribution < 1.29 is 0 Å². The first-order valence-electron chi connectivity index (χ1n) is 4.37. The minimum absolute atomic E-state index is 0.642. The van der Waals surface area contributed by atoms with Gasteiger partial charge < -0.3 is 4.57 Å². The van der Waals surface area contributed by atoms with Gasteiger partial charge in [-0.1, -0.05) is 17.4 Å². The van der Waals surface area contributed by atoms with Crippen LogP contribution in [0.25, 0.3) is 10.2 Å². The Kier molecular flexibility index (Phi) is 1.96. The molecule has 1 aromatic carbocycles. The molecular formula is C10H12N2S. The second kappa shape index (κ2) is 3.00. The van der Waals surface area contributed by atoms with Gasteiger partial charge in [0.2, 0.25) is 0 Å². The van der Waals surface area contributed by atoms with Gasteiger partial charge >= 0.3 is 0 Å². The van der Waals surface area contributed by atoms with E-state index < -0.39 is 0 Å². The maximum Gasteiger partial charge on any atom is 0.182 e. The number of thiazole rings is 1. The smallest absolute Gasteiger partial charge is 0.182 e. The van der Waals surface area contributed by atoms with Crippen molar-refractivity contribution in [3.63, 3.8) is 0 Å². The lowest BCUT2D eigenvalue weighted by Crippen LogP contribution is -2.10. The van der Waals surface area contributed by atoms with Gasteiger partial charge in [0.25, 0.3) is 0 Å². The molecule has 2 nitrogen and oxygen atoms in total. The number of rotatable bonds is 1. The number of hydrogen-bond acceptors (Lipinski definition) is 2. The van der Waals surface area contributed by atoms with Crippen LogP contribution in [-0.2, 0) is 6.54 Å². The van der Waals surface area contributed by atoms with Crippen LogP contribution in [0.1, 0.15) is 12.5 Å². The van der Waals surface area contributed by atoms with Crippen LogP contribution in [0.15, 0.2) is 18.2 Å². The highest BCUT2D eigenvalue weighted by molar-refractivity contribution is 7.16. The summed E-state index contributed by atoms with van der Waals surface area (Å²) >= 11 is 1.55. The molecule has 0 atom stereocenters. The molecule has 1 aromatic heterocycles. The van der Waals surface area contributed by atoms with Crippen molar-refractivity contribution in [3.05, 3.63) is 28.6 Å². The van der Waals surface area contributed by atoms with Crippen molar-refractivity contribution in [2.24, 2.45) is 0 Å². The number of nitrogens with one attached hydrogen (secondary N) is 1. The van der Waals surface area contributed by atoms with E-state index in [-0.39, 0.29) is 0 Å². The molecule has 0 aliphatic rings. The molecule has 0 aliphatic carbocycles. The van der Waals surface area contributed by atoms with Crippen LogP contribution in [0.4, 0.5) is 0 Å². The SMILES string of the molecule is CCn1c(=N)sc2cc(C)ccc21. The molecule has 13 heavy (non-hydrogen) atoms. The van der Waals surface area contributed by atoms with Crippen molar-refractivity contribution in [1.29, 1.82) is 5.41 Å². The summed E-state index contributed by atoms with van der Waals surface area (Å²) in [7, 11) is 0. The highest BCUT2D eigenvalue weighted by Crippen LogP contribution is 2.18. The maximum atomic E-state index is 7.75. The number of nitrogens with zero attached hydrogens (tertiary/aromatic N) is 1. The van der Waals surface area contributed by atoms with Gasteiger partial charge in [-0.2, -0.15) is 0 Å². The lowest BCUT2D eigenvalue weighted by molar-refractivity contribution is 0.755. The normalized spacial score (nSPS) is 10.9. The molecule has 0 amide bonds. The second-order valence-corrected chi connectivity index (χ2v) is 4.15. The Hall–Kier alpha value is -1.09. The predicted molar refractivity (Wildman–Crippen MR) is 56.1 cm³/mol. The van der Waals surface area contributed by atoms with Crippen LogP contribution < -0.4 is 4.80 Å². The fraction of sp³-hybridized carbons (Fsp3) is 0.300. The number of aryl methyl sites for hydroxylation is 2. The monoisotopic (exact) mass is 192 g/mol. The maximum absolute atomic E-state index is 7.75. The number of benzene rings is 1. The lowest BCUT2D eigenvalue weighted by atomic mass is 10.2. The number of fused-ring (bicyclic) bond motifs is 1. The molecule has 0 spiro atoms. The first kappa shape index (κ1) is 8.51. The lowest BCUT2D eigenvalue weighted by Gasteiger charge is -1.98. The van der Waals surface area contributed by atoms with E-state index in [0.29, 0.717) is 4.80 Å². The molecule has 0 radical (unpaired) electrons. The Labute approximate surface area is 81.0 Å². The zero-order valence-electron chi connectivity index (χ0n) is 7.79.